The number of halogens is 2. The van der Waals surface area contributed by atoms with Crippen LogP contribution in [0.3, 0.4) is 0 Å². The molecule has 0 bridgehead atoms. The van der Waals surface area contributed by atoms with Gasteiger partial charge in [0.15, 0.2) is 5.65 Å². The molecule has 1 fully saturated rings. The topological polar surface area (TPSA) is 56.5 Å². The third kappa shape index (κ3) is 2.59. The van der Waals surface area contributed by atoms with Gasteiger partial charge >= 0.3 is 5.97 Å². The number of alkyl halides is 2. The van der Waals surface area contributed by atoms with Gasteiger partial charge < -0.3 is 4.74 Å². The lowest BCUT2D eigenvalue weighted by molar-refractivity contribution is -0.0388. The summed E-state index contributed by atoms with van der Waals surface area (Å²) in [6.45, 7) is 0. The van der Waals surface area contributed by atoms with Crippen molar-refractivity contribution in [3.05, 3.63) is 29.7 Å². The summed E-state index contributed by atoms with van der Waals surface area (Å²) in [5.74, 6) is -2.46. The van der Waals surface area contributed by atoms with Crippen molar-refractivity contribution in [2.24, 2.45) is 0 Å². The third-order valence-electron chi connectivity index (χ3n) is 3.93. The molecule has 0 unspecified atom stereocenters. The Labute approximate surface area is 119 Å². The van der Waals surface area contributed by atoms with E-state index in [0.717, 1.165) is 0 Å². The number of aromatic nitrogens is 3. The van der Waals surface area contributed by atoms with Gasteiger partial charge in [-0.2, -0.15) is 0 Å². The first-order valence-electron chi connectivity index (χ1n) is 6.81. The number of methoxy groups -OCH3 is 1. The van der Waals surface area contributed by atoms with Gasteiger partial charge in [0.2, 0.25) is 5.92 Å². The number of fused-ring (bicyclic) bond motifs is 1. The monoisotopic (exact) mass is 295 g/mol. The van der Waals surface area contributed by atoms with Crippen molar-refractivity contribution in [1.29, 1.82) is 0 Å². The molecule has 2 heterocycles. The van der Waals surface area contributed by atoms with Crippen LogP contribution in [0.4, 0.5) is 8.78 Å². The molecule has 7 heteroatoms. The average Bonchev–Trinajstić information content (AvgIpc) is 2.89. The van der Waals surface area contributed by atoms with Crippen molar-refractivity contribution < 1.29 is 18.3 Å². The molecule has 21 heavy (non-hydrogen) atoms. The summed E-state index contributed by atoms with van der Waals surface area (Å²) >= 11 is 0. The predicted octanol–water partition coefficient (Wildman–Crippen LogP) is 2.81. The smallest absolute Gasteiger partial charge is 0.339 e. The van der Waals surface area contributed by atoms with Crippen molar-refractivity contribution in [2.45, 2.75) is 37.5 Å². The predicted molar refractivity (Wildman–Crippen MR) is 70.5 cm³/mol. The molecule has 1 aliphatic carbocycles. The van der Waals surface area contributed by atoms with Crippen LogP contribution in [0, 0.1) is 0 Å². The van der Waals surface area contributed by atoms with E-state index in [2.05, 4.69) is 14.9 Å². The molecule has 0 saturated heterocycles. The summed E-state index contributed by atoms with van der Waals surface area (Å²) < 4.78 is 32.9. The molecule has 0 atom stereocenters. The second-order valence-electron chi connectivity index (χ2n) is 5.33. The normalized spacial score (nSPS) is 18.8. The fourth-order valence-electron chi connectivity index (χ4n) is 2.72. The minimum atomic E-state index is -2.58. The minimum absolute atomic E-state index is 0.0625. The second-order valence-corrected chi connectivity index (χ2v) is 5.33. The molecule has 3 rings (SSSR count). The molecule has 112 valence electrons. The van der Waals surface area contributed by atoms with Crippen LogP contribution in [0.1, 0.15) is 47.8 Å². The molecular formula is C14H15F2N3O2. The van der Waals surface area contributed by atoms with Crippen LogP contribution in [0.15, 0.2) is 18.3 Å². The number of ether oxygens (including phenoxy) is 1. The van der Waals surface area contributed by atoms with Crippen LogP contribution >= 0.6 is 0 Å². The Morgan fingerprint density at radius 1 is 1.33 bits per heavy atom. The van der Waals surface area contributed by atoms with E-state index in [1.54, 1.807) is 22.7 Å². The van der Waals surface area contributed by atoms with Gasteiger partial charge in [0.25, 0.3) is 0 Å². The van der Waals surface area contributed by atoms with E-state index in [4.69, 9.17) is 0 Å². The highest BCUT2D eigenvalue weighted by atomic mass is 19.3. The summed E-state index contributed by atoms with van der Waals surface area (Å²) in [5.41, 5.74) is 0.974. The molecule has 2 aromatic heterocycles. The Morgan fingerprint density at radius 3 is 2.71 bits per heavy atom. The van der Waals surface area contributed by atoms with Gasteiger partial charge in [-0.3, -0.25) is 4.40 Å². The molecule has 0 amide bonds. The molecule has 1 aliphatic rings. The highest BCUT2D eigenvalue weighted by Crippen LogP contribution is 2.40. The number of carbonyl (C=O) groups excluding carboxylic acids is 1. The lowest BCUT2D eigenvalue weighted by Gasteiger charge is -2.27. The Hall–Kier alpha value is -2.05. The van der Waals surface area contributed by atoms with E-state index < -0.39 is 11.9 Å². The van der Waals surface area contributed by atoms with Crippen LogP contribution < -0.4 is 0 Å². The molecule has 1 saturated carbocycles. The Kier molecular flexibility index (Phi) is 3.35. The van der Waals surface area contributed by atoms with Crippen molar-refractivity contribution in [1.82, 2.24) is 14.6 Å². The van der Waals surface area contributed by atoms with E-state index in [-0.39, 0.29) is 18.8 Å². The second kappa shape index (κ2) is 5.05. The van der Waals surface area contributed by atoms with Gasteiger partial charge in [0.1, 0.15) is 5.82 Å². The Bertz CT molecular complexity index is 674. The number of pyridine rings is 1. The zero-order chi connectivity index (χ0) is 15.0. The summed E-state index contributed by atoms with van der Waals surface area (Å²) in [7, 11) is 1.31. The van der Waals surface area contributed by atoms with E-state index in [0.29, 0.717) is 29.9 Å². The standard InChI is InChI=1S/C14H15F2N3O2/c1-21-13(20)10-2-3-11-17-18-12(19(11)8-10)9-4-6-14(15,16)7-5-9/h2-3,8-9H,4-7H2,1H3. The highest BCUT2D eigenvalue weighted by molar-refractivity contribution is 5.89. The maximum Gasteiger partial charge on any atom is 0.339 e. The quantitative estimate of drug-likeness (QED) is 0.799. The number of rotatable bonds is 2. The summed E-state index contributed by atoms with van der Waals surface area (Å²) in [6, 6.07) is 3.27. The number of carbonyl (C=O) groups is 1. The van der Waals surface area contributed by atoms with Gasteiger partial charge in [-0.05, 0) is 25.0 Å². The van der Waals surface area contributed by atoms with Crippen molar-refractivity contribution >= 4 is 11.6 Å². The molecule has 0 radical (unpaired) electrons. The Balaban J connectivity index is 1.94. The minimum Gasteiger partial charge on any atom is -0.465 e. The molecule has 0 spiro atoms. The van der Waals surface area contributed by atoms with E-state index >= 15 is 0 Å². The van der Waals surface area contributed by atoms with Gasteiger partial charge in [0.05, 0.1) is 12.7 Å². The molecule has 5 nitrogen and oxygen atoms in total. The van der Waals surface area contributed by atoms with Crippen LogP contribution in [0.5, 0.6) is 0 Å². The van der Waals surface area contributed by atoms with Crippen LogP contribution in [-0.2, 0) is 4.74 Å². The number of esters is 1. The molecule has 0 aliphatic heterocycles. The number of nitrogens with zero attached hydrogens (tertiary/aromatic N) is 3. The maximum absolute atomic E-state index is 13.2. The SMILES string of the molecule is COC(=O)c1ccc2nnc(C3CCC(F)(F)CC3)n2c1. The van der Waals surface area contributed by atoms with E-state index in [1.807, 2.05) is 0 Å². The van der Waals surface area contributed by atoms with E-state index in [9.17, 15) is 13.6 Å². The number of hydrogen-bond acceptors (Lipinski definition) is 4. The van der Waals surface area contributed by atoms with Gasteiger partial charge in [-0.15, -0.1) is 10.2 Å². The maximum atomic E-state index is 13.2. The first-order chi connectivity index (χ1) is 10.00. The Morgan fingerprint density at radius 2 is 2.05 bits per heavy atom. The van der Waals surface area contributed by atoms with Crippen molar-refractivity contribution in [3.8, 4) is 0 Å². The first kappa shape index (κ1) is 13.9. The largest absolute Gasteiger partial charge is 0.465 e. The summed E-state index contributed by atoms with van der Waals surface area (Å²) in [5, 5.41) is 8.14. The molecular weight excluding hydrogens is 280 g/mol. The summed E-state index contributed by atoms with van der Waals surface area (Å²) in [6.07, 6.45) is 2.07. The fourth-order valence-corrected chi connectivity index (χ4v) is 2.72. The van der Waals surface area contributed by atoms with Crippen molar-refractivity contribution in [3.63, 3.8) is 0 Å². The van der Waals surface area contributed by atoms with Crippen molar-refractivity contribution in [2.75, 3.05) is 7.11 Å². The zero-order valence-electron chi connectivity index (χ0n) is 11.6. The molecule has 2 aromatic rings. The van der Waals surface area contributed by atoms with Crippen LogP contribution in [-0.4, -0.2) is 33.6 Å². The first-order valence-corrected chi connectivity index (χ1v) is 6.81. The van der Waals surface area contributed by atoms with Crippen LogP contribution in [0.2, 0.25) is 0 Å². The van der Waals surface area contributed by atoms with Gasteiger partial charge in [0, 0.05) is 25.0 Å². The number of hydrogen-bond donors (Lipinski definition) is 0. The van der Waals surface area contributed by atoms with E-state index in [1.165, 1.54) is 7.11 Å². The lowest BCUT2D eigenvalue weighted by atomic mass is 9.86. The molecule has 0 aromatic carbocycles. The lowest BCUT2D eigenvalue weighted by Crippen LogP contribution is -2.24. The van der Waals surface area contributed by atoms with Gasteiger partial charge in [-0.25, -0.2) is 13.6 Å². The highest BCUT2D eigenvalue weighted by Gasteiger charge is 2.36. The van der Waals surface area contributed by atoms with Gasteiger partial charge in [-0.1, -0.05) is 0 Å². The van der Waals surface area contributed by atoms with Crippen LogP contribution in [0.25, 0.3) is 5.65 Å². The summed E-state index contributed by atoms with van der Waals surface area (Å²) in [4.78, 5) is 11.6. The average molecular weight is 295 g/mol. The fraction of sp³-hybridized carbons (Fsp3) is 0.500. The third-order valence-corrected chi connectivity index (χ3v) is 3.93. The molecule has 0 N–H and O–H groups in total. The zero-order valence-corrected chi connectivity index (χ0v) is 11.6.